The Morgan fingerprint density at radius 3 is 2.28 bits per heavy atom. The molecule has 1 atom stereocenters. The van der Waals surface area contributed by atoms with Gasteiger partial charge in [-0.3, -0.25) is 9.89 Å². The monoisotopic (exact) mass is 516 g/mol. The zero-order chi connectivity index (χ0) is 19.8. The molecule has 0 aromatic carbocycles. The average molecular weight is 516 g/mol. The lowest BCUT2D eigenvalue weighted by Crippen LogP contribution is -2.53. The lowest BCUT2D eigenvalue weighted by Gasteiger charge is -2.38. The van der Waals surface area contributed by atoms with E-state index in [0.29, 0.717) is 6.04 Å². The Hall–Kier alpha value is -1.20. The summed E-state index contributed by atoms with van der Waals surface area (Å²) in [6.45, 7) is 17.9. The number of aromatic nitrogens is 2. The number of likely N-dealkylation sites (N-methyl/N-ethyl adjacent to an activating group) is 1. The number of guanidine groups is 1. The molecule has 0 amide bonds. The highest BCUT2D eigenvalue weighted by Crippen LogP contribution is 2.11. The van der Waals surface area contributed by atoms with Gasteiger partial charge in [-0.1, -0.05) is 6.92 Å². The summed E-state index contributed by atoms with van der Waals surface area (Å²) < 4.78 is 0. The van der Waals surface area contributed by atoms with E-state index in [2.05, 4.69) is 55.7 Å². The minimum atomic E-state index is 0. The number of piperazine rings is 2. The zero-order valence-electron chi connectivity index (χ0n) is 18.1. The van der Waals surface area contributed by atoms with Crippen LogP contribution in [0.3, 0.4) is 0 Å². The molecule has 3 rings (SSSR count). The zero-order valence-corrected chi connectivity index (χ0v) is 20.5. The summed E-state index contributed by atoms with van der Waals surface area (Å²) in [4.78, 5) is 23.4. The first-order chi connectivity index (χ1) is 13.7. The molecule has 0 radical (unpaired) electrons. The molecular formula is C20H37IN8. The van der Waals surface area contributed by atoms with E-state index < -0.39 is 0 Å². The molecule has 2 aliphatic heterocycles. The smallest absolute Gasteiger partial charge is 0.225 e. The first-order valence-electron chi connectivity index (χ1n) is 10.7. The van der Waals surface area contributed by atoms with Gasteiger partial charge in [-0.25, -0.2) is 9.97 Å². The van der Waals surface area contributed by atoms with E-state index >= 15 is 0 Å². The quantitative estimate of drug-likeness (QED) is 0.347. The van der Waals surface area contributed by atoms with Crippen LogP contribution < -0.4 is 10.2 Å². The number of nitrogens with one attached hydrogen (secondary N) is 1. The summed E-state index contributed by atoms with van der Waals surface area (Å²) in [5.74, 6) is 1.86. The van der Waals surface area contributed by atoms with Crippen molar-refractivity contribution in [3.8, 4) is 0 Å². The van der Waals surface area contributed by atoms with Crippen molar-refractivity contribution in [1.29, 1.82) is 0 Å². The third kappa shape index (κ3) is 6.92. The molecule has 2 aliphatic rings. The molecule has 1 aromatic rings. The van der Waals surface area contributed by atoms with Crippen LogP contribution in [0, 0.1) is 0 Å². The van der Waals surface area contributed by atoms with E-state index in [1.165, 1.54) is 13.1 Å². The molecule has 0 saturated carbocycles. The third-order valence-corrected chi connectivity index (χ3v) is 5.73. The second-order valence-corrected chi connectivity index (χ2v) is 7.54. The van der Waals surface area contributed by atoms with Gasteiger partial charge in [-0.05, 0) is 26.5 Å². The molecule has 2 fully saturated rings. The third-order valence-electron chi connectivity index (χ3n) is 5.73. The Morgan fingerprint density at radius 1 is 1.03 bits per heavy atom. The lowest BCUT2D eigenvalue weighted by molar-refractivity contribution is 0.109. The second-order valence-electron chi connectivity index (χ2n) is 7.54. The molecule has 3 heterocycles. The minimum Gasteiger partial charge on any atom is -0.357 e. The van der Waals surface area contributed by atoms with Crippen molar-refractivity contribution in [3.63, 3.8) is 0 Å². The van der Waals surface area contributed by atoms with Crippen LogP contribution >= 0.6 is 24.0 Å². The highest BCUT2D eigenvalue weighted by atomic mass is 127. The molecule has 9 heteroatoms. The van der Waals surface area contributed by atoms with Crippen LogP contribution in [-0.2, 0) is 0 Å². The largest absolute Gasteiger partial charge is 0.357 e. The minimum absolute atomic E-state index is 0. The van der Waals surface area contributed by atoms with Crippen LogP contribution in [0.1, 0.15) is 20.8 Å². The molecular weight excluding hydrogens is 479 g/mol. The average Bonchev–Trinajstić information content (AvgIpc) is 2.77. The fraction of sp³-hybridized carbons (Fsp3) is 0.750. The van der Waals surface area contributed by atoms with Gasteiger partial charge in [0.1, 0.15) is 0 Å². The van der Waals surface area contributed by atoms with Crippen molar-refractivity contribution in [3.05, 3.63) is 18.5 Å². The van der Waals surface area contributed by atoms with Crippen LogP contribution in [-0.4, -0.2) is 109 Å². The number of hydrogen-bond acceptors (Lipinski definition) is 6. The summed E-state index contributed by atoms with van der Waals surface area (Å²) in [5, 5.41) is 3.48. The molecule has 0 aliphatic carbocycles. The fourth-order valence-corrected chi connectivity index (χ4v) is 3.85. The number of anilines is 1. The lowest BCUT2D eigenvalue weighted by atomic mass is 10.2. The van der Waals surface area contributed by atoms with Crippen molar-refractivity contribution in [2.75, 3.05) is 76.9 Å². The summed E-state index contributed by atoms with van der Waals surface area (Å²) in [5.41, 5.74) is 0. The van der Waals surface area contributed by atoms with Crippen molar-refractivity contribution >= 4 is 35.9 Å². The highest BCUT2D eigenvalue weighted by molar-refractivity contribution is 14.0. The number of rotatable bonds is 6. The SMILES string of the molecule is CCNC(=NCC(C)N1CCN(CC)CC1)N1CCN(c2ncccn2)CC1.I. The van der Waals surface area contributed by atoms with Crippen LogP contribution in [0.5, 0.6) is 0 Å². The Kier molecular flexibility index (Phi) is 10.4. The molecule has 8 nitrogen and oxygen atoms in total. The number of aliphatic imine (C=N–C) groups is 1. The van der Waals surface area contributed by atoms with Crippen LogP contribution in [0.15, 0.2) is 23.5 Å². The first-order valence-corrected chi connectivity index (χ1v) is 10.7. The predicted octanol–water partition coefficient (Wildman–Crippen LogP) is 1.21. The van der Waals surface area contributed by atoms with Gasteiger partial charge >= 0.3 is 0 Å². The van der Waals surface area contributed by atoms with Gasteiger partial charge in [0, 0.05) is 77.3 Å². The number of nitrogens with zero attached hydrogens (tertiary/aromatic N) is 7. The van der Waals surface area contributed by atoms with Gasteiger partial charge in [0.2, 0.25) is 5.95 Å². The number of halogens is 1. The topological polar surface area (TPSA) is 63.1 Å². The van der Waals surface area contributed by atoms with E-state index in [1.54, 1.807) is 0 Å². The predicted molar refractivity (Wildman–Crippen MR) is 130 cm³/mol. The summed E-state index contributed by atoms with van der Waals surface area (Å²) in [6, 6.07) is 2.34. The van der Waals surface area contributed by atoms with E-state index in [0.717, 1.165) is 70.8 Å². The van der Waals surface area contributed by atoms with Gasteiger partial charge in [0.15, 0.2) is 5.96 Å². The van der Waals surface area contributed by atoms with Gasteiger partial charge in [-0.15, -0.1) is 24.0 Å². The molecule has 0 spiro atoms. The molecule has 2 saturated heterocycles. The summed E-state index contributed by atoms with van der Waals surface area (Å²) in [7, 11) is 0. The van der Waals surface area contributed by atoms with Gasteiger partial charge < -0.3 is 20.0 Å². The van der Waals surface area contributed by atoms with Crippen LogP contribution in [0.2, 0.25) is 0 Å². The molecule has 1 aromatic heterocycles. The number of hydrogen-bond donors (Lipinski definition) is 1. The Morgan fingerprint density at radius 2 is 1.69 bits per heavy atom. The van der Waals surface area contributed by atoms with Crippen molar-refractivity contribution in [2.24, 2.45) is 4.99 Å². The first kappa shape index (κ1) is 24.1. The van der Waals surface area contributed by atoms with Crippen LogP contribution in [0.4, 0.5) is 5.95 Å². The molecule has 1 N–H and O–H groups in total. The van der Waals surface area contributed by atoms with Crippen LogP contribution in [0.25, 0.3) is 0 Å². The van der Waals surface area contributed by atoms with Gasteiger partial charge in [-0.2, -0.15) is 0 Å². The maximum Gasteiger partial charge on any atom is 0.225 e. The highest BCUT2D eigenvalue weighted by Gasteiger charge is 2.23. The summed E-state index contributed by atoms with van der Waals surface area (Å²) in [6.07, 6.45) is 3.61. The maximum absolute atomic E-state index is 4.98. The molecule has 0 bridgehead atoms. The Bertz CT molecular complexity index is 598. The summed E-state index contributed by atoms with van der Waals surface area (Å²) >= 11 is 0. The van der Waals surface area contributed by atoms with Crippen molar-refractivity contribution in [1.82, 2.24) is 30.0 Å². The van der Waals surface area contributed by atoms with Gasteiger partial charge in [0.25, 0.3) is 0 Å². The van der Waals surface area contributed by atoms with Crippen molar-refractivity contribution < 1.29 is 0 Å². The Labute approximate surface area is 192 Å². The maximum atomic E-state index is 4.98. The standard InChI is InChI=1S/C20H36N8.HI/c1-4-21-19(24-17-18(3)26-11-9-25(5-2)10-12-26)27-13-15-28(16-14-27)20-22-7-6-8-23-20;/h6-8,18H,4-5,9-17H2,1-3H3,(H,21,24);1H. The fourth-order valence-electron chi connectivity index (χ4n) is 3.85. The normalized spacial score (nSPS) is 20.3. The van der Waals surface area contributed by atoms with E-state index in [4.69, 9.17) is 4.99 Å². The van der Waals surface area contributed by atoms with Crippen molar-refractivity contribution in [2.45, 2.75) is 26.8 Å². The van der Waals surface area contributed by atoms with E-state index in [-0.39, 0.29) is 24.0 Å². The molecule has 1 unspecified atom stereocenters. The van der Waals surface area contributed by atoms with E-state index in [9.17, 15) is 0 Å². The second kappa shape index (κ2) is 12.5. The van der Waals surface area contributed by atoms with Gasteiger partial charge in [0.05, 0.1) is 6.54 Å². The Balaban J connectivity index is 0.00000300. The molecule has 29 heavy (non-hydrogen) atoms. The molecule has 164 valence electrons. The van der Waals surface area contributed by atoms with E-state index in [1.807, 2.05) is 18.5 Å².